The summed E-state index contributed by atoms with van der Waals surface area (Å²) < 4.78 is 0. The van der Waals surface area contributed by atoms with Crippen LogP contribution in [0.1, 0.15) is 33.1 Å². The molecular formula is C12H23N3O2. The summed E-state index contributed by atoms with van der Waals surface area (Å²) in [7, 11) is 0. The number of nitrogens with one attached hydrogen (secondary N) is 2. The van der Waals surface area contributed by atoms with Crippen LogP contribution in [0.25, 0.3) is 0 Å². The highest BCUT2D eigenvalue weighted by atomic mass is 16.2. The van der Waals surface area contributed by atoms with E-state index >= 15 is 0 Å². The highest BCUT2D eigenvalue weighted by Crippen LogP contribution is 2.23. The van der Waals surface area contributed by atoms with Gasteiger partial charge in [0.2, 0.25) is 11.8 Å². The van der Waals surface area contributed by atoms with Crippen molar-refractivity contribution in [1.29, 1.82) is 0 Å². The monoisotopic (exact) mass is 241 g/mol. The maximum Gasteiger partial charge on any atom is 0.224 e. The summed E-state index contributed by atoms with van der Waals surface area (Å²) in [5.41, 5.74) is 5.84. The molecule has 5 nitrogen and oxygen atoms in total. The molecule has 0 aromatic carbocycles. The first-order chi connectivity index (χ1) is 8.02. The molecule has 0 aromatic rings. The molecule has 0 bridgehead atoms. The fourth-order valence-electron chi connectivity index (χ4n) is 2.02. The summed E-state index contributed by atoms with van der Waals surface area (Å²) >= 11 is 0. The number of hydrogen-bond donors (Lipinski definition) is 3. The zero-order valence-corrected chi connectivity index (χ0v) is 10.7. The Labute approximate surface area is 103 Å². The van der Waals surface area contributed by atoms with Crippen LogP contribution in [0.2, 0.25) is 0 Å². The summed E-state index contributed by atoms with van der Waals surface area (Å²) in [5, 5.41) is 5.57. The SMILES string of the molecule is CC(C)C(=O)NCCNC(=O)C1CCCC1N. The Kier molecular flexibility index (Phi) is 5.41. The molecule has 0 heterocycles. The topological polar surface area (TPSA) is 84.2 Å². The van der Waals surface area contributed by atoms with Crippen molar-refractivity contribution in [3.05, 3.63) is 0 Å². The van der Waals surface area contributed by atoms with Crippen LogP contribution < -0.4 is 16.4 Å². The van der Waals surface area contributed by atoms with Gasteiger partial charge in [-0.05, 0) is 12.8 Å². The largest absolute Gasteiger partial charge is 0.354 e. The fourth-order valence-corrected chi connectivity index (χ4v) is 2.02. The van der Waals surface area contributed by atoms with Gasteiger partial charge >= 0.3 is 0 Å². The van der Waals surface area contributed by atoms with E-state index in [-0.39, 0.29) is 29.7 Å². The lowest BCUT2D eigenvalue weighted by Crippen LogP contribution is -2.42. The molecule has 1 aliphatic carbocycles. The second kappa shape index (κ2) is 6.59. The van der Waals surface area contributed by atoms with Gasteiger partial charge in [0, 0.05) is 25.0 Å². The van der Waals surface area contributed by atoms with E-state index in [2.05, 4.69) is 10.6 Å². The first kappa shape index (κ1) is 14.0. The van der Waals surface area contributed by atoms with Gasteiger partial charge in [0.25, 0.3) is 0 Å². The van der Waals surface area contributed by atoms with Gasteiger partial charge in [-0.1, -0.05) is 20.3 Å². The van der Waals surface area contributed by atoms with E-state index in [1.165, 1.54) is 0 Å². The molecule has 0 spiro atoms. The molecule has 2 atom stereocenters. The molecule has 1 fully saturated rings. The van der Waals surface area contributed by atoms with Crippen LogP contribution in [0.15, 0.2) is 0 Å². The molecular weight excluding hydrogens is 218 g/mol. The second-order valence-corrected chi connectivity index (χ2v) is 4.94. The van der Waals surface area contributed by atoms with Gasteiger partial charge in [-0.3, -0.25) is 9.59 Å². The minimum Gasteiger partial charge on any atom is -0.354 e. The molecule has 1 rings (SSSR count). The fraction of sp³-hybridized carbons (Fsp3) is 0.833. The Morgan fingerprint density at radius 1 is 1.24 bits per heavy atom. The molecule has 2 unspecified atom stereocenters. The normalized spacial score (nSPS) is 23.8. The standard InChI is InChI=1S/C12H23N3O2/c1-8(2)11(16)14-6-7-15-12(17)9-4-3-5-10(9)13/h8-10H,3-7,13H2,1-2H3,(H,14,16)(H,15,17). The number of carbonyl (C=O) groups is 2. The Balaban J connectivity index is 2.14. The zero-order valence-electron chi connectivity index (χ0n) is 10.7. The van der Waals surface area contributed by atoms with Gasteiger partial charge in [-0.25, -0.2) is 0 Å². The van der Waals surface area contributed by atoms with E-state index in [1.54, 1.807) is 0 Å². The van der Waals surface area contributed by atoms with Crippen LogP contribution in [0, 0.1) is 11.8 Å². The first-order valence-corrected chi connectivity index (χ1v) is 6.33. The highest BCUT2D eigenvalue weighted by molar-refractivity contribution is 5.80. The van der Waals surface area contributed by atoms with Crippen LogP contribution in [-0.2, 0) is 9.59 Å². The number of amides is 2. The molecule has 1 aliphatic rings. The molecule has 0 aromatic heterocycles. The zero-order chi connectivity index (χ0) is 12.8. The quantitative estimate of drug-likeness (QED) is 0.592. The van der Waals surface area contributed by atoms with Gasteiger partial charge in [0.05, 0.1) is 5.92 Å². The number of hydrogen-bond acceptors (Lipinski definition) is 3. The summed E-state index contributed by atoms with van der Waals surface area (Å²) in [4.78, 5) is 23.0. The third-order valence-corrected chi connectivity index (χ3v) is 3.15. The molecule has 0 radical (unpaired) electrons. The first-order valence-electron chi connectivity index (χ1n) is 6.33. The molecule has 0 saturated heterocycles. The third kappa shape index (κ3) is 4.34. The molecule has 2 amide bonds. The Morgan fingerprint density at radius 2 is 1.88 bits per heavy atom. The van der Waals surface area contributed by atoms with E-state index in [0.717, 1.165) is 19.3 Å². The molecule has 0 aliphatic heterocycles. The average molecular weight is 241 g/mol. The summed E-state index contributed by atoms with van der Waals surface area (Å²) in [6, 6.07) is 0.000236. The maximum atomic E-state index is 11.7. The van der Waals surface area contributed by atoms with Crippen molar-refractivity contribution in [2.75, 3.05) is 13.1 Å². The van der Waals surface area contributed by atoms with E-state index in [0.29, 0.717) is 13.1 Å². The molecule has 17 heavy (non-hydrogen) atoms. The van der Waals surface area contributed by atoms with Gasteiger partial charge in [-0.15, -0.1) is 0 Å². The van der Waals surface area contributed by atoms with Gasteiger partial charge in [0.1, 0.15) is 0 Å². The summed E-state index contributed by atoms with van der Waals surface area (Å²) in [6.07, 6.45) is 2.84. The van der Waals surface area contributed by atoms with E-state index in [1.807, 2.05) is 13.8 Å². The van der Waals surface area contributed by atoms with Gasteiger partial charge < -0.3 is 16.4 Å². The Bertz CT molecular complexity index is 279. The van der Waals surface area contributed by atoms with E-state index in [9.17, 15) is 9.59 Å². The average Bonchev–Trinajstić information content (AvgIpc) is 2.70. The summed E-state index contributed by atoms with van der Waals surface area (Å²) in [6.45, 7) is 4.63. The van der Waals surface area contributed by atoms with E-state index < -0.39 is 0 Å². The smallest absolute Gasteiger partial charge is 0.224 e. The second-order valence-electron chi connectivity index (χ2n) is 4.94. The summed E-state index contributed by atoms with van der Waals surface area (Å²) in [5.74, 6) is -0.0321. The minimum atomic E-state index is -0.0456. The maximum absolute atomic E-state index is 11.7. The number of carbonyl (C=O) groups excluding carboxylic acids is 2. The van der Waals surface area contributed by atoms with Crippen LogP contribution in [0.4, 0.5) is 0 Å². The van der Waals surface area contributed by atoms with Crippen LogP contribution in [-0.4, -0.2) is 30.9 Å². The predicted octanol–water partition coefficient (Wildman–Crippen LogP) is 0.00220. The molecule has 4 N–H and O–H groups in total. The van der Waals surface area contributed by atoms with Crippen molar-refractivity contribution in [2.24, 2.45) is 17.6 Å². The van der Waals surface area contributed by atoms with Crippen molar-refractivity contribution >= 4 is 11.8 Å². The molecule has 98 valence electrons. The van der Waals surface area contributed by atoms with Crippen molar-refractivity contribution < 1.29 is 9.59 Å². The molecule has 1 saturated carbocycles. The predicted molar refractivity (Wildman–Crippen MR) is 66.2 cm³/mol. The van der Waals surface area contributed by atoms with Crippen molar-refractivity contribution in [1.82, 2.24) is 10.6 Å². The Hall–Kier alpha value is -1.10. The lowest BCUT2D eigenvalue weighted by Gasteiger charge is -2.15. The molecule has 5 heteroatoms. The third-order valence-electron chi connectivity index (χ3n) is 3.15. The van der Waals surface area contributed by atoms with Gasteiger partial charge in [-0.2, -0.15) is 0 Å². The van der Waals surface area contributed by atoms with Crippen LogP contribution >= 0.6 is 0 Å². The minimum absolute atomic E-state index is 0.000236. The van der Waals surface area contributed by atoms with Crippen molar-refractivity contribution in [3.8, 4) is 0 Å². The van der Waals surface area contributed by atoms with Gasteiger partial charge in [0.15, 0.2) is 0 Å². The number of rotatable bonds is 5. The lowest BCUT2D eigenvalue weighted by atomic mass is 10.0. The Morgan fingerprint density at radius 3 is 2.41 bits per heavy atom. The van der Waals surface area contributed by atoms with Crippen LogP contribution in [0.3, 0.4) is 0 Å². The van der Waals surface area contributed by atoms with Crippen molar-refractivity contribution in [2.45, 2.75) is 39.2 Å². The highest BCUT2D eigenvalue weighted by Gasteiger charge is 2.29. The lowest BCUT2D eigenvalue weighted by molar-refractivity contribution is -0.126. The van der Waals surface area contributed by atoms with Crippen molar-refractivity contribution in [3.63, 3.8) is 0 Å². The van der Waals surface area contributed by atoms with E-state index in [4.69, 9.17) is 5.73 Å². The van der Waals surface area contributed by atoms with Crippen LogP contribution in [0.5, 0.6) is 0 Å². The number of nitrogens with two attached hydrogens (primary N) is 1.